The van der Waals surface area contributed by atoms with E-state index >= 15 is 0 Å². The molecule has 2 aromatic rings. The van der Waals surface area contributed by atoms with Gasteiger partial charge in [-0.25, -0.2) is 4.90 Å². The van der Waals surface area contributed by atoms with E-state index in [2.05, 4.69) is 4.90 Å². The Labute approximate surface area is 151 Å². The number of anilines is 1. The zero-order valence-electron chi connectivity index (χ0n) is 14.2. The van der Waals surface area contributed by atoms with Crippen molar-refractivity contribution in [1.82, 2.24) is 4.90 Å². The molecule has 4 nitrogen and oxygen atoms in total. The molecule has 0 radical (unpaired) electrons. The highest BCUT2D eigenvalue weighted by atomic mass is 32.1. The molecule has 1 aromatic carbocycles. The summed E-state index contributed by atoms with van der Waals surface area (Å²) in [5.74, 6) is -0.396. The number of amides is 2. The molecule has 0 aliphatic carbocycles. The van der Waals surface area contributed by atoms with Gasteiger partial charge in [0.05, 0.1) is 11.3 Å². The SMILES string of the molecule is Cc1ccccc1N1C(=O)C(c2cccs2)=C(N2CCCCC2)C1=O. The first kappa shape index (κ1) is 16.1. The second kappa shape index (κ2) is 6.48. The summed E-state index contributed by atoms with van der Waals surface area (Å²) in [7, 11) is 0. The Kier molecular flexibility index (Phi) is 4.17. The highest BCUT2D eigenvalue weighted by Gasteiger charge is 2.43. The first-order valence-electron chi connectivity index (χ1n) is 8.66. The van der Waals surface area contributed by atoms with Gasteiger partial charge in [-0.3, -0.25) is 9.59 Å². The molecule has 0 bridgehead atoms. The molecule has 128 valence electrons. The molecule has 0 saturated carbocycles. The maximum absolute atomic E-state index is 13.3. The summed E-state index contributed by atoms with van der Waals surface area (Å²) in [4.78, 5) is 30.9. The van der Waals surface area contributed by atoms with Gasteiger partial charge >= 0.3 is 0 Å². The van der Waals surface area contributed by atoms with Gasteiger partial charge in [-0.1, -0.05) is 24.3 Å². The van der Waals surface area contributed by atoms with E-state index in [0.29, 0.717) is 17.0 Å². The number of nitrogens with zero attached hydrogens (tertiary/aromatic N) is 2. The number of aryl methyl sites for hydroxylation is 1. The van der Waals surface area contributed by atoms with Crippen LogP contribution in [0.15, 0.2) is 47.5 Å². The van der Waals surface area contributed by atoms with Crippen molar-refractivity contribution in [3.05, 3.63) is 57.9 Å². The number of hydrogen-bond acceptors (Lipinski definition) is 4. The van der Waals surface area contributed by atoms with Crippen LogP contribution in [0.2, 0.25) is 0 Å². The Balaban J connectivity index is 1.83. The minimum absolute atomic E-state index is 0.190. The molecule has 3 heterocycles. The summed E-state index contributed by atoms with van der Waals surface area (Å²) in [6, 6.07) is 11.4. The quantitative estimate of drug-likeness (QED) is 0.789. The topological polar surface area (TPSA) is 40.6 Å². The third-order valence-electron chi connectivity index (χ3n) is 4.86. The van der Waals surface area contributed by atoms with Crippen molar-refractivity contribution >= 4 is 34.4 Å². The fourth-order valence-corrected chi connectivity index (χ4v) is 4.37. The second-order valence-corrected chi connectivity index (χ2v) is 7.43. The monoisotopic (exact) mass is 352 g/mol. The first-order chi connectivity index (χ1) is 12.2. The second-order valence-electron chi connectivity index (χ2n) is 6.48. The molecule has 2 aliphatic rings. The number of carbonyl (C=O) groups excluding carboxylic acids is 2. The van der Waals surface area contributed by atoms with E-state index in [4.69, 9.17) is 0 Å². The highest BCUT2D eigenvalue weighted by Crippen LogP contribution is 2.38. The van der Waals surface area contributed by atoms with Gasteiger partial charge in [0.25, 0.3) is 11.8 Å². The number of carbonyl (C=O) groups is 2. The molecule has 4 rings (SSSR count). The van der Waals surface area contributed by atoms with Crippen LogP contribution in [0.1, 0.15) is 29.7 Å². The van der Waals surface area contributed by atoms with Gasteiger partial charge in [-0.2, -0.15) is 0 Å². The lowest BCUT2D eigenvalue weighted by Gasteiger charge is -2.29. The van der Waals surface area contributed by atoms with Crippen LogP contribution in [0.25, 0.3) is 5.57 Å². The minimum Gasteiger partial charge on any atom is -0.366 e. The Morgan fingerprint density at radius 1 is 0.920 bits per heavy atom. The van der Waals surface area contributed by atoms with Crippen molar-refractivity contribution in [3.8, 4) is 0 Å². The number of piperidine rings is 1. The van der Waals surface area contributed by atoms with Crippen LogP contribution in [0.3, 0.4) is 0 Å². The number of rotatable bonds is 3. The van der Waals surface area contributed by atoms with Crippen LogP contribution in [-0.2, 0) is 9.59 Å². The molecule has 25 heavy (non-hydrogen) atoms. The van der Waals surface area contributed by atoms with E-state index in [-0.39, 0.29) is 11.8 Å². The number of hydrogen-bond donors (Lipinski definition) is 0. The first-order valence-corrected chi connectivity index (χ1v) is 9.54. The maximum atomic E-state index is 13.3. The summed E-state index contributed by atoms with van der Waals surface area (Å²) >= 11 is 1.51. The average Bonchev–Trinajstić information content (AvgIpc) is 3.23. The zero-order valence-corrected chi connectivity index (χ0v) is 15.0. The van der Waals surface area contributed by atoms with Crippen LogP contribution in [0.5, 0.6) is 0 Å². The molecular formula is C20H20N2O2S. The summed E-state index contributed by atoms with van der Waals surface area (Å²) in [6.07, 6.45) is 3.31. The molecule has 0 unspecified atom stereocenters. The number of benzene rings is 1. The zero-order chi connectivity index (χ0) is 17.4. The summed E-state index contributed by atoms with van der Waals surface area (Å²) in [6.45, 7) is 3.61. The number of imide groups is 1. The van der Waals surface area contributed by atoms with Crippen molar-refractivity contribution in [2.75, 3.05) is 18.0 Å². The highest BCUT2D eigenvalue weighted by molar-refractivity contribution is 7.11. The molecule has 2 aliphatic heterocycles. The van der Waals surface area contributed by atoms with Gasteiger partial charge in [0, 0.05) is 18.0 Å². The van der Waals surface area contributed by atoms with Crippen molar-refractivity contribution in [1.29, 1.82) is 0 Å². The van der Waals surface area contributed by atoms with Gasteiger partial charge in [-0.15, -0.1) is 11.3 Å². The number of thiophene rings is 1. The van der Waals surface area contributed by atoms with Crippen LogP contribution < -0.4 is 4.90 Å². The Hall–Kier alpha value is -2.40. The van der Waals surface area contributed by atoms with Gasteiger partial charge in [0.2, 0.25) is 0 Å². The third kappa shape index (κ3) is 2.68. The fourth-order valence-electron chi connectivity index (χ4n) is 3.61. The lowest BCUT2D eigenvalue weighted by molar-refractivity contribution is -0.120. The fraction of sp³-hybridized carbons (Fsp3) is 0.300. The number of para-hydroxylation sites is 1. The van der Waals surface area contributed by atoms with Crippen molar-refractivity contribution in [2.45, 2.75) is 26.2 Å². The summed E-state index contributed by atoms with van der Waals surface area (Å²) < 4.78 is 0. The molecule has 0 N–H and O–H groups in total. The van der Waals surface area contributed by atoms with E-state index < -0.39 is 0 Å². The predicted octanol–water partition coefficient (Wildman–Crippen LogP) is 3.83. The van der Waals surface area contributed by atoms with Crippen molar-refractivity contribution in [3.63, 3.8) is 0 Å². The molecule has 1 saturated heterocycles. The normalized spacial score (nSPS) is 18.4. The Morgan fingerprint density at radius 3 is 2.36 bits per heavy atom. The molecule has 0 spiro atoms. The molecule has 1 fully saturated rings. The third-order valence-corrected chi connectivity index (χ3v) is 5.74. The molecule has 0 atom stereocenters. The van der Waals surface area contributed by atoms with Crippen molar-refractivity contribution in [2.24, 2.45) is 0 Å². The summed E-state index contributed by atoms with van der Waals surface area (Å²) in [5.41, 5.74) is 2.74. The lowest BCUT2D eigenvalue weighted by Crippen LogP contribution is -2.37. The van der Waals surface area contributed by atoms with Gasteiger partial charge in [-0.05, 0) is 49.3 Å². The van der Waals surface area contributed by atoms with Crippen LogP contribution >= 0.6 is 11.3 Å². The predicted molar refractivity (Wildman–Crippen MR) is 100 cm³/mol. The molecule has 2 amide bonds. The maximum Gasteiger partial charge on any atom is 0.282 e. The Morgan fingerprint density at radius 2 is 1.68 bits per heavy atom. The van der Waals surface area contributed by atoms with Crippen LogP contribution in [0.4, 0.5) is 5.69 Å². The van der Waals surface area contributed by atoms with Gasteiger partial charge < -0.3 is 4.90 Å². The van der Waals surface area contributed by atoms with Gasteiger partial charge in [0.15, 0.2) is 0 Å². The lowest BCUT2D eigenvalue weighted by atomic mass is 10.1. The molecule has 5 heteroatoms. The van der Waals surface area contributed by atoms with E-state index in [1.165, 1.54) is 22.7 Å². The average molecular weight is 352 g/mol. The van der Waals surface area contributed by atoms with Crippen LogP contribution in [0, 0.1) is 6.92 Å². The van der Waals surface area contributed by atoms with E-state index in [9.17, 15) is 9.59 Å². The standard InChI is InChI=1S/C20H20N2O2S/c1-14-8-3-4-9-15(14)22-19(23)17(16-10-7-13-25-16)18(20(22)24)21-11-5-2-6-12-21/h3-4,7-10,13H,2,5-6,11-12H2,1H3. The smallest absolute Gasteiger partial charge is 0.282 e. The largest absolute Gasteiger partial charge is 0.366 e. The number of likely N-dealkylation sites (tertiary alicyclic amines) is 1. The van der Waals surface area contributed by atoms with E-state index in [1.54, 1.807) is 0 Å². The van der Waals surface area contributed by atoms with E-state index in [0.717, 1.165) is 36.4 Å². The molecular weight excluding hydrogens is 332 g/mol. The van der Waals surface area contributed by atoms with Crippen molar-refractivity contribution < 1.29 is 9.59 Å². The van der Waals surface area contributed by atoms with E-state index in [1.807, 2.05) is 48.7 Å². The molecule has 1 aromatic heterocycles. The van der Waals surface area contributed by atoms with Crippen LogP contribution in [-0.4, -0.2) is 29.8 Å². The van der Waals surface area contributed by atoms with Gasteiger partial charge in [0.1, 0.15) is 5.70 Å². The Bertz CT molecular complexity index is 848. The minimum atomic E-state index is -0.206. The summed E-state index contributed by atoms with van der Waals surface area (Å²) in [5, 5.41) is 1.95.